The first-order chi connectivity index (χ1) is 13.7. The van der Waals surface area contributed by atoms with Crippen LogP contribution in [0.4, 0.5) is 5.13 Å². The lowest BCUT2D eigenvalue weighted by molar-refractivity contribution is -0.113. The third kappa shape index (κ3) is 4.67. The van der Waals surface area contributed by atoms with E-state index in [1.165, 1.54) is 23.1 Å². The minimum absolute atomic E-state index is 0.153. The zero-order valence-electron chi connectivity index (χ0n) is 14.3. The standard InChI is InChI=1S/C19H13BrN4O2S2/c20-14-8-4-7-13(9-14)17-23-24-19(26-17)28-11-16(25)22-18-21-15(10-27-18)12-5-2-1-3-6-12/h1-10H,11H2,(H,21,22,25). The van der Waals surface area contributed by atoms with Gasteiger partial charge in [0.15, 0.2) is 5.13 Å². The highest BCUT2D eigenvalue weighted by Gasteiger charge is 2.13. The fraction of sp³-hybridized carbons (Fsp3) is 0.0526. The number of nitrogens with zero attached hydrogens (tertiary/aromatic N) is 3. The summed E-state index contributed by atoms with van der Waals surface area (Å²) in [7, 11) is 0. The number of thioether (sulfide) groups is 1. The van der Waals surface area contributed by atoms with Gasteiger partial charge in [-0.2, -0.15) is 0 Å². The third-order valence-electron chi connectivity index (χ3n) is 3.62. The van der Waals surface area contributed by atoms with Crippen LogP contribution in [0.5, 0.6) is 0 Å². The Morgan fingerprint density at radius 3 is 2.75 bits per heavy atom. The van der Waals surface area contributed by atoms with E-state index in [0.717, 1.165) is 21.3 Å². The van der Waals surface area contributed by atoms with Crippen molar-refractivity contribution in [2.45, 2.75) is 5.22 Å². The Morgan fingerprint density at radius 2 is 1.93 bits per heavy atom. The van der Waals surface area contributed by atoms with Crippen molar-refractivity contribution in [1.82, 2.24) is 15.2 Å². The third-order valence-corrected chi connectivity index (χ3v) is 5.69. The number of benzene rings is 2. The molecule has 0 saturated carbocycles. The van der Waals surface area contributed by atoms with Crippen molar-refractivity contribution in [2.24, 2.45) is 0 Å². The second-order valence-electron chi connectivity index (χ2n) is 5.62. The van der Waals surface area contributed by atoms with E-state index in [4.69, 9.17) is 4.42 Å². The number of nitrogens with one attached hydrogen (secondary N) is 1. The summed E-state index contributed by atoms with van der Waals surface area (Å²) >= 11 is 5.98. The van der Waals surface area contributed by atoms with Gasteiger partial charge in [0, 0.05) is 21.0 Å². The lowest BCUT2D eigenvalue weighted by atomic mass is 10.2. The van der Waals surface area contributed by atoms with Crippen LogP contribution in [0.2, 0.25) is 0 Å². The number of amides is 1. The van der Waals surface area contributed by atoms with Crippen LogP contribution in [-0.4, -0.2) is 26.8 Å². The van der Waals surface area contributed by atoms with Crippen molar-refractivity contribution in [3.8, 4) is 22.7 Å². The van der Waals surface area contributed by atoms with E-state index >= 15 is 0 Å². The van der Waals surface area contributed by atoms with Crippen molar-refractivity contribution in [3.05, 3.63) is 64.5 Å². The van der Waals surface area contributed by atoms with Gasteiger partial charge in [-0.3, -0.25) is 4.79 Å². The van der Waals surface area contributed by atoms with Crippen LogP contribution in [0.25, 0.3) is 22.7 Å². The summed E-state index contributed by atoms with van der Waals surface area (Å²) in [4.78, 5) is 16.6. The Hall–Kier alpha value is -2.49. The molecular weight excluding hydrogens is 460 g/mol. The van der Waals surface area contributed by atoms with E-state index in [1.807, 2.05) is 60.0 Å². The maximum Gasteiger partial charge on any atom is 0.277 e. The molecule has 140 valence electrons. The van der Waals surface area contributed by atoms with Gasteiger partial charge < -0.3 is 9.73 Å². The maximum absolute atomic E-state index is 12.2. The molecule has 0 aliphatic carbocycles. The fourth-order valence-electron chi connectivity index (χ4n) is 2.36. The Bertz CT molecular complexity index is 1100. The van der Waals surface area contributed by atoms with Crippen LogP contribution in [0.15, 0.2) is 74.1 Å². The van der Waals surface area contributed by atoms with Crippen molar-refractivity contribution in [1.29, 1.82) is 0 Å². The Morgan fingerprint density at radius 1 is 1.11 bits per heavy atom. The molecule has 2 aromatic heterocycles. The molecule has 4 rings (SSSR count). The molecule has 0 atom stereocenters. The summed E-state index contributed by atoms with van der Waals surface area (Å²) < 4.78 is 6.54. The second-order valence-corrected chi connectivity index (χ2v) is 8.32. The Labute approximate surface area is 177 Å². The average Bonchev–Trinajstić information content (AvgIpc) is 3.37. The van der Waals surface area contributed by atoms with Gasteiger partial charge in [-0.15, -0.1) is 21.5 Å². The van der Waals surface area contributed by atoms with Crippen LogP contribution >= 0.6 is 39.0 Å². The molecule has 0 unspecified atom stereocenters. The fourth-order valence-corrected chi connectivity index (χ4v) is 4.06. The first kappa shape index (κ1) is 18.9. The summed E-state index contributed by atoms with van der Waals surface area (Å²) in [6.07, 6.45) is 0. The number of halogens is 1. The topological polar surface area (TPSA) is 80.9 Å². The molecule has 6 nitrogen and oxygen atoms in total. The molecule has 0 fully saturated rings. The second kappa shape index (κ2) is 8.68. The number of hydrogen-bond donors (Lipinski definition) is 1. The normalized spacial score (nSPS) is 10.8. The Balaban J connectivity index is 1.33. The van der Waals surface area contributed by atoms with E-state index in [1.54, 1.807) is 0 Å². The van der Waals surface area contributed by atoms with Gasteiger partial charge in [0.05, 0.1) is 11.4 Å². The van der Waals surface area contributed by atoms with Gasteiger partial charge in [0.25, 0.3) is 5.22 Å². The SMILES string of the molecule is O=C(CSc1nnc(-c2cccc(Br)c2)o1)Nc1nc(-c2ccccc2)cs1. The van der Waals surface area contributed by atoms with Gasteiger partial charge in [0.2, 0.25) is 11.8 Å². The molecule has 0 saturated heterocycles. The van der Waals surface area contributed by atoms with Crippen molar-refractivity contribution < 1.29 is 9.21 Å². The quantitative estimate of drug-likeness (QED) is 0.380. The summed E-state index contributed by atoms with van der Waals surface area (Å²) in [6, 6.07) is 17.4. The lowest BCUT2D eigenvalue weighted by Gasteiger charge is -1.99. The molecule has 1 amide bonds. The van der Waals surface area contributed by atoms with Crippen LogP contribution < -0.4 is 5.32 Å². The smallest absolute Gasteiger partial charge is 0.277 e. The van der Waals surface area contributed by atoms with E-state index in [0.29, 0.717) is 16.2 Å². The number of aromatic nitrogens is 3. The first-order valence-electron chi connectivity index (χ1n) is 8.20. The predicted molar refractivity (Wildman–Crippen MR) is 114 cm³/mol. The molecule has 0 aliphatic heterocycles. The largest absolute Gasteiger partial charge is 0.411 e. The molecule has 1 N–H and O–H groups in total. The average molecular weight is 473 g/mol. The van der Waals surface area contributed by atoms with Crippen molar-refractivity contribution >= 4 is 50.1 Å². The van der Waals surface area contributed by atoms with Crippen LogP contribution in [0.3, 0.4) is 0 Å². The van der Waals surface area contributed by atoms with E-state index in [2.05, 4.69) is 36.4 Å². The van der Waals surface area contributed by atoms with Gasteiger partial charge in [-0.25, -0.2) is 4.98 Å². The van der Waals surface area contributed by atoms with E-state index < -0.39 is 0 Å². The first-order valence-corrected chi connectivity index (χ1v) is 10.9. The summed E-state index contributed by atoms with van der Waals surface area (Å²) in [6.45, 7) is 0. The molecule has 9 heteroatoms. The summed E-state index contributed by atoms with van der Waals surface area (Å²) in [5, 5.41) is 13.6. The maximum atomic E-state index is 12.2. The molecule has 4 aromatic rings. The number of hydrogen-bond acceptors (Lipinski definition) is 7. The molecule has 0 aliphatic rings. The van der Waals surface area contributed by atoms with E-state index in [-0.39, 0.29) is 11.7 Å². The zero-order valence-corrected chi connectivity index (χ0v) is 17.6. The zero-order chi connectivity index (χ0) is 19.3. The van der Waals surface area contributed by atoms with Crippen LogP contribution in [0.1, 0.15) is 0 Å². The molecule has 0 bridgehead atoms. The Kier molecular flexibility index (Phi) is 5.84. The highest BCUT2D eigenvalue weighted by atomic mass is 79.9. The molecule has 28 heavy (non-hydrogen) atoms. The van der Waals surface area contributed by atoms with Crippen LogP contribution in [0, 0.1) is 0 Å². The molecule has 2 aromatic carbocycles. The molecular formula is C19H13BrN4O2S2. The van der Waals surface area contributed by atoms with Crippen molar-refractivity contribution in [3.63, 3.8) is 0 Å². The lowest BCUT2D eigenvalue weighted by Crippen LogP contribution is -2.13. The molecule has 0 radical (unpaired) electrons. The number of carbonyl (C=O) groups excluding carboxylic acids is 1. The highest BCUT2D eigenvalue weighted by Crippen LogP contribution is 2.27. The summed E-state index contributed by atoms with van der Waals surface area (Å²) in [5.74, 6) is 0.387. The minimum atomic E-state index is -0.179. The predicted octanol–water partition coefficient (Wildman–Crippen LogP) is 5.35. The van der Waals surface area contributed by atoms with Gasteiger partial charge in [-0.05, 0) is 18.2 Å². The summed E-state index contributed by atoms with van der Waals surface area (Å²) in [5.41, 5.74) is 2.66. The van der Waals surface area contributed by atoms with Gasteiger partial charge in [-0.1, -0.05) is 64.1 Å². The number of thiazole rings is 1. The number of carbonyl (C=O) groups is 1. The number of anilines is 1. The number of rotatable bonds is 6. The molecule has 2 heterocycles. The van der Waals surface area contributed by atoms with Gasteiger partial charge >= 0.3 is 0 Å². The monoisotopic (exact) mass is 472 g/mol. The highest BCUT2D eigenvalue weighted by molar-refractivity contribution is 9.10. The van der Waals surface area contributed by atoms with Gasteiger partial charge in [0.1, 0.15) is 0 Å². The minimum Gasteiger partial charge on any atom is -0.411 e. The van der Waals surface area contributed by atoms with Crippen LogP contribution in [-0.2, 0) is 4.79 Å². The van der Waals surface area contributed by atoms with E-state index in [9.17, 15) is 4.79 Å². The van der Waals surface area contributed by atoms with Crippen molar-refractivity contribution in [2.75, 3.05) is 11.1 Å². The molecule has 0 spiro atoms.